The summed E-state index contributed by atoms with van der Waals surface area (Å²) in [4.78, 5) is 1.36. The van der Waals surface area contributed by atoms with E-state index in [1.54, 1.807) is 25.1 Å². The number of nitrogens with one attached hydrogen (secondary N) is 1. The molecule has 27 heavy (non-hydrogen) atoms. The SMILES string of the molecule is CCOC(=N)C(CCCCl)c1cc(N(CC2CC2)CC(F)(F)F)ccc1Cl. The summed E-state index contributed by atoms with van der Waals surface area (Å²) in [5, 5.41) is 8.60. The number of nitrogens with zero attached hydrogens (tertiary/aromatic N) is 1. The number of halogens is 5. The molecule has 1 N–H and O–H groups in total. The Morgan fingerprint density at radius 1 is 1.37 bits per heavy atom. The number of hydrogen-bond donors (Lipinski definition) is 1. The van der Waals surface area contributed by atoms with Gasteiger partial charge in [0.25, 0.3) is 0 Å². The van der Waals surface area contributed by atoms with E-state index in [9.17, 15) is 13.2 Å². The van der Waals surface area contributed by atoms with E-state index in [1.807, 2.05) is 0 Å². The molecule has 0 radical (unpaired) electrons. The van der Waals surface area contributed by atoms with Crippen LogP contribution < -0.4 is 4.90 Å². The summed E-state index contributed by atoms with van der Waals surface area (Å²) in [5.41, 5.74) is 1.08. The summed E-state index contributed by atoms with van der Waals surface area (Å²) in [6, 6.07) is 4.89. The minimum absolute atomic E-state index is 0.0613. The zero-order chi connectivity index (χ0) is 20.0. The Balaban J connectivity index is 2.33. The molecule has 3 nitrogen and oxygen atoms in total. The zero-order valence-electron chi connectivity index (χ0n) is 15.3. The molecule has 152 valence electrons. The van der Waals surface area contributed by atoms with Crippen molar-refractivity contribution in [1.82, 2.24) is 0 Å². The van der Waals surface area contributed by atoms with Crippen molar-refractivity contribution < 1.29 is 17.9 Å². The van der Waals surface area contributed by atoms with Crippen LogP contribution in [-0.4, -0.2) is 37.7 Å². The average molecular weight is 425 g/mol. The van der Waals surface area contributed by atoms with E-state index >= 15 is 0 Å². The third-order valence-electron chi connectivity index (χ3n) is 4.51. The van der Waals surface area contributed by atoms with Crippen molar-refractivity contribution in [3.05, 3.63) is 28.8 Å². The second-order valence-corrected chi connectivity index (χ2v) is 7.61. The van der Waals surface area contributed by atoms with Crippen molar-refractivity contribution in [1.29, 1.82) is 5.41 Å². The molecule has 0 saturated heterocycles. The normalized spacial score (nSPS) is 15.5. The number of rotatable bonds is 10. The van der Waals surface area contributed by atoms with E-state index in [-0.39, 0.29) is 5.90 Å². The van der Waals surface area contributed by atoms with Crippen LogP contribution in [0.4, 0.5) is 18.9 Å². The zero-order valence-corrected chi connectivity index (χ0v) is 16.8. The summed E-state index contributed by atoms with van der Waals surface area (Å²) in [6.45, 7) is 1.50. The molecule has 0 bridgehead atoms. The van der Waals surface area contributed by atoms with Crippen LogP contribution in [0.2, 0.25) is 5.02 Å². The van der Waals surface area contributed by atoms with E-state index in [1.165, 1.54) is 4.90 Å². The Bertz CT molecular complexity index is 636. The fourth-order valence-corrected chi connectivity index (χ4v) is 3.45. The second kappa shape index (κ2) is 9.87. The van der Waals surface area contributed by atoms with E-state index in [0.717, 1.165) is 12.8 Å². The summed E-state index contributed by atoms with van der Waals surface area (Å²) in [7, 11) is 0. The first kappa shape index (κ1) is 22.2. The maximum absolute atomic E-state index is 13.1. The largest absolute Gasteiger partial charge is 0.481 e. The van der Waals surface area contributed by atoms with Crippen molar-refractivity contribution >= 4 is 34.8 Å². The Hall–Kier alpha value is -1.14. The molecule has 0 heterocycles. The van der Waals surface area contributed by atoms with Crippen molar-refractivity contribution in [2.75, 3.05) is 30.5 Å². The Kier molecular flexibility index (Phi) is 8.10. The van der Waals surface area contributed by atoms with Gasteiger partial charge in [-0.1, -0.05) is 11.6 Å². The summed E-state index contributed by atoms with van der Waals surface area (Å²) < 4.78 is 44.5. The summed E-state index contributed by atoms with van der Waals surface area (Å²) in [6.07, 6.45) is -1.17. The molecule has 1 unspecified atom stereocenters. The second-order valence-electron chi connectivity index (χ2n) is 6.83. The lowest BCUT2D eigenvalue weighted by atomic mass is 9.93. The van der Waals surface area contributed by atoms with Crippen molar-refractivity contribution in [3.63, 3.8) is 0 Å². The Morgan fingerprint density at radius 2 is 2.07 bits per heavy atom. The molecule has 1 saturated carbocycles. The Morgan fingerprint density at radius 3 is 2.63 bits per heavy atom. The van der Waals surface area contributed by atoms with Crippen LogP contribution in [0.3, 0.4) is 0 Å². The molecule has 1 aliphatic carbocycles. The van der Waals surface area contributed by atoms with Crippen molar-refractivity contribution in [2.45, 2.75) is 44.7 Å². The van der Waals surface area contributed by atoms with Gasteiger partial charge in [-0.25, -0.2) is 0 Å². The molecule has 1 fully saturated rings. The third kappa shape index (κ3) is 7.07. The van der Waals surface area contributed by atoms with Gasteiger partial charge in [0.1, 0.15) is 6.54 Å². The molecular weight excluding hydrogens is 400 g/mol. The van der Waals surface area contributed by atoms with Gasteiger partial charge in [0.15, 0.2) is 5.90 Å². The predicted molar refractivity (Wildman–Crippen MR) is 104 cm³/mol. The van der Waals surface area contributed by atoms with E-state index < -0.39 is 18.6 Å². The molecule has 1 aromatic rings. The quantitative estimate of drug-likeness (QED) is 0.274. The standard InChI is InChI=1S/C19H25Cl2F3N2O/c1-2-27-18(25)15(4-3-9-20)16-10-14(7-8-17(16)21)26(11-13-5-6-13)12-19(22,23)24/h7-8,10,13,15,25H,2-6,9,11-12H2,1H3. The van der Waals surface area contributed by atoms with E-state index in [2.05, 4.69) is 0 Å². The molecule has 1 atom stereocenters. The molecule has 0 spiro atoms. The molecular formula is C19H25Cl2F3N2O. The highest BCUT2D eigenvalue weighted by Crippen LogP contribution is 2.36. The van der Waals surface area contributed by atoms with Gasteiger partial charge in [0.2, 0.25) is 0 Å². The topological polar surface area (TPSA) is 36.3 Å². The molecule has 8 heteroatoms. The molecule has 2 rings (SSSR count). The molecule has 0 amide bonds. The number of benzene rings is 1. The van der Waals surface area contributed by atoms with E-state index in [4.69, 9.17) is 33.3 Å². The van der Waals surface area contributed by atoms with Gasteiger partial charge in [0.05, 0.1) is 12.5 Å². The minimum atomic E-state index is -4.29. The first-order chi connectivity index (χ1) is 12.7. The van der Waals surface area contributed by atoms with Crippen LogP contribution in [0, 0.1) is 11.3 Å². The molecule has 1 aromatic carbocycles. The monoisotopic (exact) mass is 424 g/mol. The van der Waals surface area contributed by atoms with Gasteiger partial charge in [-0.05, 0) is 62.3 Å². The first-order valence-corrected chi connectivity index (χ1v) is 10.0. The lowest BCUT2D eigenvalue weighted by Crippen LogP contribution is -2.35. The fourth-order valence-electron chi connectivity index (χ4n) is 3.05. The summed E-state index contributed by atoms with van der Waals surface area (Å²) in [5.74, 6) is 0.367. The van der Waals surface area contributed by atoms with Crippen molar-refractivity contribution in [3.8, 4) is 0 Å². The van der Waals surface area contributed by atoms with Crippen LogP contribution in [0.25, 0.3) is 0 Å². The summed E-state index contributed by atoms with van der Waals surface area (Å²) >= 11 is 12.1. The number of anilines is 1. The van der Waals surface area contributed by atoms with Gasteiger partial charge >= 0.3 is 6.18 Å². The van der Waals surface area contributed by atoms with Gasteiger partial charge in [-0.2, -0.15) is 13.2 Å². The lowest BCUT2D eigenvalue weighted by molar-refractivity contribution is -0.119. The van der Waals surface area contributed by atoms with Crippen LogP contribution in [0.1, 0.15) is 44.1 Å². The lowest BCUT2D eigenvalue weighted by Gasteiger charge is -2.28. The average Bonchev–Trinajstić information content (AvgIpc) is 3.39. The van der Waals surface area contributed by atoms with Gasteiger partial charge in [-0.15, -0.1) is 11.6 Å². The Labute approximate surface area is 168 Å². The van der Waals surface area contributed by atoms with Crippen molar-refractivity contribution in [2.24, 2.45) is 5.92 Å². The smallest absolute Gasteiger partial charge is 0.405 e. The van der Waals surface area contributed by atoms with Crippen LogP contribution in [-0.2, 0) is 4.74 Å². The number of alkyl halides is 4. The minimum Gasteiger partial charge on any atom is -0.481 e. The highest BCUT2D eigenvalue weighted by molar-refractivity contribution is 6.31. The highest BCUT2D eigenvalue weighted by Gasteiger charge is 2.34. The molecule has 0 aromatic heterocycles. The number of hydrogen-bond acceptors (Lipinski definition) is 3. The third-order valence-corrected chi connectivity index (χ3v) is 5.12. The molecule has 0 aliphatic heterocycles. The van der Waals surface area contributed by atoms with Gasteiger partial charge in [0, 0.05) is 23.1 Å². The van der Waals surface area contributed by atoms with E-state index in [0.29, 0.717) is 54.1 Å². The van der Waals surface area contributed by atoms with Gasteiger partial charge < -0.3 is 9.64 Å². The fraction of sp³-hybridized carbons (Fsp3) is 0.632. The first-order valence-electron chi connectivity index (χ1n) is 9.13. The van der Waals surface area contributed by atoms with Crippen LogP contribution in [0.5, 0.6) is 0 Å². The molecule has 1 aliphatic rings. The van der Waals surface area contributed by atoms with Crippen LogP contribution in [0.15, 0.2) is 18.2 Å². The van der Waals surface area contributed by atoms with Crippen LogP contribution >= 0.6 is 23.2 Å². The maximum atomic E-state index is 13.1. The highest BCUT2D eigenvalue weighted by atomic mass is 35.5. The predicted octanol–water partition coefficient (Wildman–Crippen LogP) is 6.24. The van der Waals surface area contributed by atoms with Gasteiger partial charge in [-0.3, -0.25) is 5.41 Å². The number of ether oxygens (including phenoxy) is 1. The maximum Gasteiger partial charge on any atom is 0.405 e.